The maximum Gasteiger partial charge on any atom is 0.135 e. The molecule has 1 aromatic rings. The van der Waals surface area contributed by atoms with Gasteiger partial charge in [0, 0.05) is 17.2 Å². The van der Waals surface area contributed by atoms with Crippen LogP contribution in [0.2, 0.25) is 5.15 Å². The highest BCUT2D eigenvalue weighted by atomic mass is 35.5. The third-order valence-electron chi connectivity index (χ3n) is 5.15. The maximum atomic E-state index is 6.32. The highest BCUT2D eigenvalue weighted by Crippen LogP contribution is 2.49. The fourth-order valence-electron chi connectivity index (χ4n) is 3.45. The second-order valence-corrected chi connectivity index (χ2v) is 6.56. The van der Waals surface area contributed by atoms with Gasteiger partial charge in [0.1, 0.15) is 11.0 Å². The molecule has 0 aliphatic heterocycles. The van der Waals surface area contributed by atoms with Gasteiger partial charge in [-0.1, -0.05) is 31.4 Å². The molecule has 19 heavy (non-hydrogen) atoms. The van der Waals surface area contributed by atoms with Gasteiger partial charge in [-0.3, -0.25) is 0 Å². The summed E-state index contributed by atoms with van der Waals surface area (Å²) >= 11 is 6.32. The van der Waals surface area contributed by atoms with Gasteiger partial charge < -0.3 is 0 Å². The molecule has 2 aliphatic rings. The minimum absolute atomic E-state index is 0.575. The normalized spacial score (nSPS) is 20.4. The van der Waals surface area contributed by atoms with Crippen LogP contribution in [0, 0.1) is 18.8 Å². The van der Waals surface area contributed by atoms with Crippen LogP contribution in [0.3, 0.4) is 0 Å². The van der Waals surface area contributed by atoms with Gasteiger partial charge in [0.2, 0.25) is 0 Å². The molecule has 0 radical (unpaired) electrons. The number of aryl methyl sites for hydroxylation is 1. The Labute approximate surface area is 121 Å². The molecule has 0 atom stereocenters. The Kier molecular flexibility index (Phi) is 3.79. The predicted molar refractivity (Wildman–Crippen MR) is 78.6 cm³/mol. The second kappa shape index (κ2) is 5.40. The lowest BCUT2D eigenvalue weighted by Crippen LogP contribution is -2.32. The van der Waals surface area contributed by atoms with E-state index < -0.39 is 0 Å². The average Bonchev–Trinajstić information content (AvgIpc) is 2.27. The number of aromatic nitrogens is 2. The summed E-state index contributed by atoms with van der Waals surface area (Å²) in [5, 5.41) is 0.672. The molecule has 0 amide bonds. The summed E-state index contributed by atoms with van der Waals surface area (Å²) in [7, 11) is 0. The summed E-state index contributed by atoms with van der Waals surface area (Å²) in [6, 6.07) is 0. The van der Waals surface area contributed by atoms with E-state index >= 15 is 0 Å². The Morgan fingerprint density at radius 1 is 1.11 bits per heavy atom. The number of halogens is 1. The van der Waals surface area contributed by atoms with Gasteiger partial charge in [0.05, 0.1) is 0 Å². The van der Waals surface area contributed by atoms with E-state index in [1.807, 2.05) is 6.92 Å². The van der Waals surface area contributed by atoms with E-state index in [9.17, 15) is 0 Å². The standard InChI is InChI=1S/C16H23ClN2/c1-3-13-10(2)15(17)19-16(18-13)14(11-6-4-7-11)12-8-5-9-12/h11-12,14H,3-9H2,1-2H3. The molecule has 3 heteroatoms. The molecule has 0 saturated heterocycles. The van der Waals surface area contributed by atoms with Crippen molar-refractivity contribution in [2.24, 2.45) is 11.8 Å². The van der Waals surface area contributed by atoms with Crippen molar-refractivity contribution >= 4 is 11.6 Å². The molecule has 2 saturated carbocycles. The third kappa shape index (κ3) is 2.40. The van der Waals surface area contributed by atoms with E-state index in [1.54, 1.807) is 0 Å². The molecular weight excluding hydrogens is 256 g/mol. The molecule has 2 nitrogen and oxygen atoms in total. The Balaban J connectivity index is 1.94. The molecule has 0 bridgehead atoms. The van der Waals surface area contributed by atoms with Crippen LogP contribution in [-0.2, 0) is 6.42 Å². The molecule has 0 aromatic carbocycles. The van der Waals surface area contributed by atoms with Gasteiger partial charge in [-0.15, -0.1) is 0 Å². The van der Waals surface area contributed by atoms with Crippen molar-refractivity contribution in [3.63, 3.8) is 0 Å². The first-order chi connectivity index (χ1) is 9.20. The number of hydrogen-bond donors (Lipinski definition) is 0. The van der Waals surface area contributed by atoms with Crippen LogP contribution in [0.1, 0.15) is 68.4 Å². The zero-order valence-electron chi connectivity index (χ0n) is 12.0. The lowest BCUT2D eigenvalue weighted by Gasteiger charge is -2.41. The first kappa shape index (κ1) is 13.4. The molecule has 0 spiro atoms. The summed E-state index contributed by atoms with van der Waals surface area (Å²) in [4.78, 5) is 9.50. The third-order valence-corrected chi connectivity index (χ3v) is 5.52. The van der Waals surface area contributed by atoms with Gasteiger partial charge >= 0.3 is 0 Å². The molecular formula is C16H23ClN2. The Hall–Kier alpha value is -0.630. The van der Waals surface area contributed by atoms with Crippen LogP contribution in [0.25, 0.3) is 0 Å². The zero-order chi connectivity index (χ0) is 13.4. The molecule has 2 fully saturated rings. The topological polar surface area (TPSA) is 25.8 Å². The fourth-order valence-corrected chi connectivity index (χ4v) is 3.64. The van der Waals surface area contributed by atoms with E-state index in [4.69, 9.17) is 16.6 Å². The summed E-state index contributed by atoms with van der Waals surface area (Å²) in [6.07, 6.45) is 9.15. The first-order valence-corrected chi connectivity index (χ1v) is 8.11. The average molecular weight is 279 g/mol. The van der Waals surface area contributed by atoms with Crippen LogP contribution >= 0.6 is 11.6 Å². The minimum Gasteiger partial charge on any atom is -0.237 e. The van der Waals surface area contributed by atoms with E-state index in [1.165, 1.54) is 38.5 Å². The highest BCUT2D eigenvalue weighted by Gasteiger charge is 2.39. The van der Waals surface area contributed by atoms with E-state index in [-0.39, 0.29) is 0 Å². The maximum absolute atomic E-state index is 6.32. The fraction of sp³-hybridized carbons (Fsp3) is 0.750. The minimum atomic E-state index is 0.575. The van der Waals surface area contributed by atoms with E-state index in [2.05, 4.69) is 11.9 Å². The lowest BCUT2D eigenvalue weighted by molar-refractivity contribution is 0.143. The van der Waals surface area contributed by atoms with Crippen LogP contribution in [-0.4, -0.2) is 9.97 Å². The molecule has 3 rings (SSSR count). The van der Waals surface area contributed by atoms with Crippen molar-refractivity contribution in [3.8, 4) is 0 Å². The molecule has 1 heterocycles. The molecule has 2 aliphatic carbocycles. The quantitative estimate of drug-likeness (QED) is 0.747. The van der Waals surface area contributed by atoms with Crippen LogP contribution in [0.5, 0.6) is 0 Å². The van der Waals surface area contributed by atoms with Crippen molar-refractivity contribution in [1.82, 2.24) is 9.97 Å². The van der Waals surface area contributed by atoms with Crippen molar-refractivity contribution in [2.75, 3.05) is 0 Å². The monoisotopic (exact) mass is 278 g/mol. The zero-order valence-corrected chi connectivity index (χ0v) is 12.7. The summed E-state index contributed by atoms with van der Waals surface area (Å²) in [6.45, 7) is 4.18. The van der Waals surface area contributed by atoms with Crippen molar-refractivity contribution in [2.45, 2.75) is 64.7 Å². The number of nitrogens with zero attached hydrogens (tertiary/aromatic N) is 2. The number of hydrogen-bond acceptors (Lipinski definition) is 2. The largest absolute Gasteiger partial charge is 0.237 e. The molecule has 1 aromatic heterocycles. The SMILES string of the molecule is CCc1nc(C(C2CCC2)C2CCC2)nc(Cl)c1C. The van der Waals surface area contributed by atoms with Crippen molar-refractivity contribution in [3.05, 3.63) is 22.2 Å². The van der Waals surface area contributed by atoms with Crippen LogP contribution in [0.4, 0.5) is 0 Å². The van der Waals surface area contributed by atoms with Crippen molar-refractivity contribution < 1.29 is 0 Å². The first-order valence-electron chi connectivity index (χ1n) is 7.73. The van der Waals surface area contributed by atoms with E-state index in [0.29, 0.717) is 11.1 Å². The molecule has 0 unspecified atom stereocenters. The smallest absolute Gasteiger partial charge is 0.135 e. The molecule has 104 valence electrons. The van der Waals surface area contributed by atoms with Gasteiger partial charge in [-0.2, -0.15) is 0 Å². The summed E-state index contributed by atoms with van der Waals surface area (Å²) in [5.74, 6) is 3.25. The highest BCUT2D eigenvalue weighted by molar-refractivity contribution is 6.30. The Morgan fingerprint density at radius 3 is 2.11 bits per heavy atom. The van der Waals surface area contributed by atoms with Crippen molar-refractivity contribution in [1.29, 1.82) is 0 Å². The Bertz CT molecular complexity index is 450. The van der Waals surface area contributed by atoms with Gasteiger partial charge in [-0.25, -0.2) is 9.97 Å². The second-order valence-electron chi connectivity index (χ2n) is 6.21. The van der Waals surface area contributed by atoms with Gasteiger partial charge in [-0.05, 0) is 50.9 Å². The van der Waals surface area contributed by atoms with Gasteiger partial charge in [0.25, 0.3) is 0 Å². The summed E-state index contributed by atoms with van der Waals surface area (Å²) < 4.78 is 0. The lowest BCUT2D eigenvalue weighted by atomic mass is 9.64. The van der Waals surface area contributed by atoms with Crippen LogP contribution in [0.15, 0.2) is 0 Å². The van der Waals surface area contributed by atoms with Crippen LogP contribution < -0.4 is 0 Å². The Morgan fingerprint density at radius 2 is 1.68 bits per heavy atom. The summed E-state index contributed by atoms with van der Waals surface area (Å²) in [5.41, 5.74) is 2.20. The number of rotatable bonds is 4. The predicted octanol–water partition coefficient (Wildman–Crippen LogP) is 4.68. The van der Waals surface area contributed by atoms with Gasteiger partial charge in [0.15, 0.2) is 0 Å². The van der Waals surface area contributed by atoms with E-state index in [0.717, 1.165) is 35.3 Å². The molecule has 0 N–H and O–H groups in total.